The summed E-state index contributed by atoms with van der Waals surface area (Å²) in [5, 5.41) is 0.889. The fourth-order valence-electron chi connectivity index (χ4n) is 5.65. The number of carbonyl (C=O) groups excluding carboxylic acids is 1. The average molecular weight is 760 g/mol. The van der Waals surface area contributed by atoms with Crippen LogP contribution in [0.4, 0.5) is 0 Å². The minimum absolute atomic E-state index is 0. The first-order chi connectivity index (χ1) is 24.8. The lowest BCUT2D eigenvalue weighted by Gasteiger charge is -2.34. The average Bonchev–Trinajstić information content (AvgIpc) is 3.14. The molecule has 8 nitrogen and oxygen atoms in total. The Bertz CT molecular complexity index is 1910. The van der Waals surface area contributed by atoms with Gasteiger partial charge in [-0.25, -0.2) is 9.97 Å². The molecule has 0 unspecified atom stereocenters. The summed E-state index contributed by atoms with van der Waals surface area (Å²) >= 11 is 12.5. The molecule has 3 heterocycles. The van der Waals surface area contributed by atoms with Gasteiger partial charge in [-0.15, -0.1) is 12.4 Å². The van der Waals surface area contributed by atoms with Crippen molar-refractivity contribution in [3.05, 3.63) is 147 Å². The molecule has 0 N–H and O–H groups in total. The van der Waals surface area contributed by atoms with E-state index >= 15 is 0 Å². The van der Waals surface area contributed by atoms with Crippen LogP contribution in [0.3, 0.4) is 0 Å². The van der Waals surface area contributed by atoms with Crippen LogP contribution >= 0.6 is 35.6 Å². The zero-order valence-corrected chi connectivity index (χ0v) is 31.5. The second-order valence-electron chi connectivity index (χ2n) is 12.5. The monoisotopic (exact) mass is 758 g/mol. The minimum atomic E-state index is -0.0152. The fourth-order valence-corrected chi connectivity index (χ4v) is 6.08. The molecule has 6 rings (SSSR count). The zero-order valence-electron chi connectivity index (χ0n) is 29.1. The molecule has 3 aromatic carbocycles. The highest BCUT2D eigenvalue weighted by atomic mass is 35.5. The Morgan fingerprint density at radius 1 is 0.788 bits per heavy atom. The molecule has 5 aromatic rings. The van der Waals surface area contributed by atoms with Crippen molar-refractivity contribution in [1.29, 1.82) is 0 Å². The number of carbonyl (C=O) groups is 1. The van der Waals surface area contributed by atoms with Crippen LogP contribution in [-0.2, 0) is 24.4 Å². The third kappa shape index (κ3) is 11.2. The molecule has 1 saturated heterocycles. The van der Waals surface area contributed by atoms with E-state index in [2.05, 4.69) is 58.2 Å². The fraction of sp³-hybridized carbons (Fsp3) is 0.244. The summed E-state index contributed by atoms with van der Waals surface area (Å²) in [6, 6.07) is 27.7. The minimum Gasteiger partial charge on any atom is -0.492 e. The Morgan fingerprint density at radius 3 is 2.13 bits per heavy atom. The van der Waals surface area contributed by atoms with Crippen LogP contribution in [-0.4, -0.2) is 58.5 Å². The van der Waals surface area contributed by atoms with Crippen molar-refractivity contribution in [3.8, 4) is 23.1 Å². The van der Waals surface area contributed by atoms with Gasteiger partial charge in [0.05, 0.1) is 24.0 Å². The van der Waals surface area contributed by atoms with E-state index < -0.39 is 0 Å². The van der Waals surface area contributed by atoms with E-state index in [1.54, 1.807) is 42.7 Å². The van der Waals surface area contributed by atoms with Crippen LogP contribution in [0.2, 0.25) is 10.2 Å². The number of rotatable bonds is 13. The first-order valence-electron chi connectivity index (χ1n) is 16.9. The van der Waals surface area contributed by atoms with Gasteiger partial charge in [-0.2, -0.15) is 0 Å². The van der Waals surface area contributed by atoms with Crippen LogP contribution in [0.5, 0.6) is 23.1 Å². The lowest BCUT2D eigenvalue weighted by atomic mass is 10.1. The van der Waals surface area contributed by atoms with Crippen LogP contribution in [0.15, 0.2) is 103 Å². The van der Waals surface area contributed by atoms with Gasteiger partial charge in [-0.3, -0.25) is 9.69 Å². The molecule has 1 fully saturated rings. The Morgan fingerprint density at radius 2 is 1.46 bits per heavy atom. The van der Waals surface area contributed by atoms with Crippen molar-refractivity contribution < 1.29 is 19.0 Å². The molecular weight excluding hydrogens is 719 g/mol. The summed E-state index contributed by atoms with van der Waals surface area (Å²) in [6.07, 6.45) is 7.48. The molecular formula is C41H41Cl3N4O4. The highest BCUT2D eigenvalue weighted by Gasteiger charge is 2.20. The van der Waals surface area contributed by atoms with E-state index in [0.717, 1.165) is 42.7 Å². The summed E-state index contributed by atoms with van der Waals surface area (Å²) in [7, 11) is 0. The first-order valence-corrected chi connectivity index (χ1v) is 17.7. The maximum atomic E-state index is 13.0. The van der Waals surface area contributed by atoms with E-state index in [0.29, 0.717) is 59.6 Å². The van der Waals surface area contributed by atoms with Crippen LogP contribution in [0.1, 0.15) is 33.4 Å². The van der Waals surface area contributed by atoms with Crippen molar-refractivity contribution in [3.63, 3.8) is 0 Å². The molecule has 11 heteroatoms. The Hall–Kier alpha value is -4.60. The molecule has 52 heavy (non-hydrogen) atoms. The van der Waals surface area contributed by atoms with Gasteiger partial charge < -0.3 is 19.1 Å². The molecule has 0 atom stereocenters. The van der Waals surface area contributed by atoms with Gasteiger partial charge >= 0.3 is 0 Å². The second-order valence-corrected chi connectivity index (χ2v) is 13.3. The van der Waals surface area contributed by atoms with E-state index in [4.69, 9.17) is 37.4 Å². The molecule has 1 aliphatic heterocycles. The van der Waals surface area contributed by atoms with Gasteiger partial charge in [0.2, 0.25) is 11.8 Å². The van der Waals surface area contributed by atoms with E-state index in [1.165, 1.54) is 16.7 Å². The summed E-state index contributed by atoms with van der Waals surface area (Å²) in [4.78, 5) is 25.7. The van der Waals surface area contributed by atoms with Gasteiger partial charge in [0.1, 0.15) is 23.3 Å². The molecule has 0 saturated carbocycles. The number of amides is 1. The Kier molecular flexibility index (Phi) is 13.9. The van der Waals surface area contributed by atoms with Gasteiger partial charge in [-0.1, -0.05) is 77.3 Å². The molecule has 1 aliphatic rings. The lowest BCUT2D eigenvalue weighted by molar-refractivity contribution is -0.127. The predicted octanol–water partition coefficient (Wildman–Crippen LogP) is 9.17. The largest absolute Gasteiger partial charge is 0.492 e. The number of hydrogen-bond donors (Lipinski definition) is 0. The molecule has 0 spiro atoms. The third-order valence-corrected chi connectivity index (χ3v) is 9.09. The van der Waals surface area contributed by atoms with E-state index in [9.17, 15) is 4.79 Å². The molecule has 0 aliphatic carbocycles. The van der Waals surface area contributed by atoms with E-state index in [-0.39, 0.29) is 18.3 Å². The maximum Gasteiger partial charge on any atom is 0.246 e. The number of aromatic nitrogens is 2. The normalized spacial score (nSPS) is 13.1. The number of benzene rings is 3. The summed E-state index contributed by atoms with van der Waals surface area (Å²) in [5.41, 5.74) is 6.41. The van der Waals surface area contributed by atoms with Crippen LogP contribution in [0.25, 0.3) is 6.08 Å². The van der Waals surface area contributed by atoms with Gasteiger partial charge in [-0.05, 0) is 78.1 Å². The topological polar surface area (TPSA) is 77.0 Å². The zero-order chi connectivity index (χ0) is 35.6. The van der Waals surface area contributed by atoms with Crippen molar-refractivity contribution in [2.24, 2.45) is 0 Å². The number of aryl methyl sites for hydroxylation is 2. The van der Waals surface area contributed by atoms with Crippen molar-refractivity contribution in [2.45, 2.75) is 33.4 Å². The molecule has 1 amide bonds. The number of ether oxygens (including phenoxy) is 3. The Labute approximate surface area is 321 Å². The smallest absolute Gasteiger partial charge is 0.246 e. The van der Waals surface area contributed by atoms with Crippen molar-refractivity contribution >= 4 is 47.6 Å². The standard InChI is InChI=1S/C41H40Cl2N4O4.ClH/c1-29-3-5-33(6-4-29)28-50-36-13-15-39(45-26-36)51-41-30(2)23-34(24-37(41)42)11-16-40(48)47-20-18-46(19-21-47)27-32-9-7-31(8-10-32)17-22-49-35-12-14-38(43)44-25-35;/h3-16,23-26H,17-22,27-28H2,1-2H3;1H. The molecule has 270 valence electrons. The molecule has 2 aromatic heterocycles. The van der Waals surface area contributed by atoms with Gasteiger partial charge in [0.15, 0.2) is 5.75 Å². The first kappa shape index (κ1) is 38.6. The Balaban J connectivity index is 0.00000523. The third-order valence-electron chi connectivity index (χ3n) is 8.58. The number of pyridine rings is 2. The summed E-state index contributed by atoms with van der Waals surface area (Å²) < 4.78 is 17.6. The highest BCUT2D eigenvalue weighted by molar-refractivity contribution is 6.32. The highest BCUT2D eigenvalue weighted by Crippen LogP contribution is 2.34. The molecule has 0 bridgehead atoms. The van der Waals surface area contributed by atoms with Gasteiger partial charge in [0.25, 0.3) is 0 Å². The number of piperazine rings is 1. The van der Waals surface area contributed by atoms with Gasteiger partial charge in [0, 0.05) is 51.3 Å². The SMILES string of the molecule is Cc1ccc(COc2ccc(Oc3c(C)cc(C=CC(=O)N4CCN(Cc5ccc(CCOc6ccc(Cl)nc6)cc5)CC4)cc3Cl)nc2)cc1.Cl. The van der Waals surface area contributed by atoms with Crippen LogP contribution < -0.4 is 14.2 Å². The number of halogens is 3. The predicted molar refractivity (Wildman–Crippen MR) is 209 cm³/mol. The summed E-state index contributed by atoms with van der Waals surface area (Å²) in [5.74, 6) is 2.27. The van der Waals surface area contributed by atoms with Crippen LogP contribution in [0, 0.1) is 13.8 Å². The van der Waals surface area contributed by atoms with Crippen molar-refractivity contribution in [1.82, 2.24) is 19.8 Å². The lowest BCUT2D eigenvalue weighted by Crippen LogP contribution is -2.47. The summed E-state index contributed by atoms with van der Waals surface area (Å²) in [6.45, 7) is 8.83. The van der Waals surface area contributed by atoms with E-state index in [1.807, 2.05) is 42.2 Å². The second kappa shape index (κ2) is 18.8. The van der Waals surface area contributed by atoms with Crippen molar-refractivity contribution in [2.75, 3.05) is 32.8 Å². The quantitative estimate of drug-likeness (QED) is 0.0876. The number of hydrogen-bond acceptors (Lipinski definition) is 7. The number of nitrogens with zero attached hydrogens (tertiary/aromatic N) is 4. The maximum absolute atomic E-state index is 13.0. The molecule has 0 radical (unpaired) electrons.